The first kappa shape index (κ1) is 15.0. The highest BCUT2D eigenvalue weighted by Gasteiger charge is 2.39. The summed E-state index contributed by atoms with van der Waals surface area (Å²) in [6, 6.07) is 19.9. The summed E-state index contributed by atoms with van der Waals surface area (Å²) >= 11 is 6.58. The van der Waals surface area contributed by atoms with E-state index < -0.39 is 0 Å². The van der Waals surface area contributed by atoms with Gasteiger partial charge < -0.3 is 5.32 Å². The molecule has 3 aromatic carbocycles. The average Bonchev–Trinajstić information content (AvgIpc) is 3.13. The molecule has 0 spiro atoms. The lowest BCUT2D eigenvalue weighted by Gasteiger charge is -2.39. The number of hydrogen-bond donors (Lipinski definition) is 1. The highest BCUT2D eigenvalue weighted by molar-refractivity contribution is 6.32. The predicted molar refractivity (Wildman–Crippen MR) is 106 cm³/mol. The molecule has 1 aliphatic heterocycles. The highest BCUT2D eigenvalue weighted by Crippen LogP contribution is 2.52. The first-order valence-corrected chi connectivity index (χ1v) is 9.31. The van der Waals surface area contributed by atoms with Crippen molar-refractivity contribution >= 4 is 28.1 Å². The van der Waals surface area contributed by atoms with Crippen LogP contribution in [0, 0.1) is 12.8 Å². The predicted octanol–water partition coefficient (Wildman–Crippen LogP) is 6.63. The Morgan fingerprint density at radius 2 is 1.84 bits per heavy atom. The monoisotopic (exact) mass is 345 g/mol. The van der Waals surface area contributed by atoms with Crippen LogP contribution in [0.4, 0.5) is 5.69 Å². The third-order valence-electron chi connectivity index (χ3n) is 5.81. The Bertz CT molecular complexity index is 1000. The van der Waals surface area contributed by atoms with Gasteiger partial charge in [0.1, 0.15) is 0 Å². The summed E-state index contributed by atoms with van der Waals surface area (Å²) in [6.07, 6.45) is 5.77. The Balaban J connectivity index is 1.65. The van der Waals surface area contributed by atoms with Gasteiger partial charge in [0.25, 0.3) is 0 Å². The quantitative estimate of drug-likeness (QED) is 0.488. The molecule has 2 aliphatic rings. The topological polar surface area (TPSA) is 12.0 Å². The van der Waals surface area contributed by atoms with E-state index in [2.05, 4.69) is 72.9 Å². The molecule has 124 valence electrons. The summed E-state index contributed by atoms with van der Waals surface area (Å²) in [5, 5.41) is 7.31. The lowest BCUT2D eigenvalue weighted by Crippen LogP contribution is -2.29. The number of anilines is 1. The molecule has 3 unspecified atom stereocenters. The molecule has 5 rings (SSSR count). The van der Waals surface area contributed by atoms with Crippen LogP contribution in [0.3, 0.4) is 0 Å². The van der Waals surface area contributed by atoms with E-state index in [1.165, 1.54) is 33.2 Å². The van der Waals surface area contributed by atoms with Crippen molar-refractivity contribution in [2.75, 3.05) is 5.32 Å². The molecule has 0 aromatic heterocycles. The lowest BCUT2D eigenvalue weighted by molar-refractivity contribution is 0.425. The minimum Gasteiger partial charge on any atom is -0.377 e. The van der Waals surface area contributed by atoms with Gasteiger partial charge in [0.05, 0.1) is 6.04 Å². The van der Waals surface area contributed by atoms with Crippen LogP contribution in [-0.4, -0.2) is 0 Å². The van der Waals surface area contributed by atoms with E-state index >= 15 is 0 Å². The van der Waals surface area contributed by atoms with Crippen molar-refractivity contribution in [3.63, 3.8) is 0 Å². The van der Waals surface area contributed by atoms with Gasteiger partial charge in [-0.25, -0.2) is 0 Å². The fourth-order valence-corrected chi connectivity index (χ4v) is 4.82. The SMILES string of the molecule is Cc1ccc(Cl)c2c1NC(c1ccc3ccccc3c1)C1CC=CC21. The zero-order chi connectivity index (χ0) is 17.0. The summed E-state index contributed by atoms with van der Waals surface area (Å²) in [5.41, 5.74) is 5.13. The van der Waals surface area contributed by atoms with Gasteiger partial charge in [-0.1, -0.05) is 66.2 Å². The molecule has 0 fully saturated rings. The number of hydrogen-bond acceptors (Lipinski definition) is 1. The Morgan fingerprint density at radius 3 is 2.72 bits per heavy atom. The first-order valence-electron chi connectivity index (χ1n) is 8.93. The minimum absolute atomic E-state index is 0.314. The Hall–Kier alpha value is -2.25. The molecule has 0 radical (unpaired) electrons. The second-order valence-corrected chi connectivity index (χ2v) is 7.64. The number of benzene rings is 3. The maximum Gasteiger partial charge on any atom is 0.0554 e. The van der Waals surface area contributed by atoms with Crippen LogP contribution in [0.1, 0.15) is 35.1 Å². The Labute approximate surface area is 153 Å². The van der Waals surface area contributed by atoms with E-state index in [0.717, 1.165) is 11.4 Å². The molecule has 1 heterocycles. The third-order valence-corrected chi connectivity index (χ3v) is 6.14. The molecule has 1 aliphatic carbocycles. The molecule has 0 saturated carbocycles. The molecule has 0 saturated heterocycles. The fourth-order valence-electron chi connectivity index (χ4n) is 4.54. The van der Waals surface area contributed by atoms with Gasteiger partial charge in [0, 0.05) is 22.2 Å². The van der Waals surface area contributed by atoms with Crippen LogP contribution >= 0.6 is 11.6 Å². The van der Waals surface area contributed by atoms with Crippen LogP contribution in [0.5, 0.6) is 0 Å². The Kier molecular flexibility index (Phi) is 3.39. The van der Waals surface area contributed by atoms with Crippen molar-refractivity contribution in [3.05, 3.63) is 88.5 Å². The standard InChI is InChI=1S/C23H20ClN/c1-14-9-12-20(24)21-18-7-4-8-19(18)23(25-22(14)21)17-11-10-15-5-2-3-6-16(15)13-17/h2-7,9-13,18-19,23,25H,8H2,1H3. The number of rotatable bonds is 1. The molecule has 2 heteroatoms. The van der Waals surface area contributed by atoms with Crippen LogP contribution in [-0.2, 0) is 0 Å². The van der Waals surface area contributed by atoms with Crippen molar-refractivity contribution in [3.8, 4) is 0 Å². The molecule has 3 aromatic rings. The van der Waals surface area contributed by atoms with Crippen molar-refractivity contribution in [2.45, 2.75) is 25.3 Å². The highest BCUT2D eigenvalue weighted by atomic mass is 35.5. The molecule has 1 nitrogen and oxygen atoms in total. The minimum atomic E-state index is 0.314. The van der Waals surface area contributed by atoms with Gasteiger partial charge >= 0.3 is 0 Å². The van der Waals surface area contributed by atoms with Crippen LogP contribution in [0.15, 0.2) is 66.7 Å². The van der Waals surface area contributed by atoms with E-state index in [9.17, 15) is 0 Å². The smallest absolute Gasteiger partial charge is 0.0554 e. The van der Waals surface area contributed by atoms with E-state index in [1.54, 1.807) is 0 Å². The Morgan fingerprint density at radius 1 is 1.00 bits per heavy atom. The van der Waals surface area contributed by atoms with Gasteiger partial charge in [-0.2, -0.15) is 0 Å². The summed E-state index contributed by atoms with van der Waals surface area (Å²) in [5.74, 6) is 0.924. The molecular weight excluding hydrogens is 326 g/mol. The maximum atomic E-state index is 6.58. The zero-order valence-electron chi connectivity index (χ0n) is 14.2. The molecule has 1 N–H and O–H groups in total. The first-order chi connectivity index (χ1) is 12.2. The number of fused-ring (bicyclic) bond motifs is 4. The van der Waals surface area contributed by atoms with Gasteiger partial charge in [0.2, 0.25) is 0 Å². The summed E-state index contributed by atoms with van der Waals surface area (Å²) in [4.78, 5) is 0. The second-order valence-electron chi connectivity index (χ2n) is 7.24. The van der Waals surface area contributed by atoms with Gasteiger partial charge in [-0.3, -0.25) is 0 Å². The zero-order valence-corrected chi connectivity index (χ0v) is 14.9. The lowest BCUT2D eigenvalue weighted by atomic mass is 9.76. The number of allylic oxidation sites excluding steroid dienone is 2. The van der Waals surface area contributed by atoms with Gasteiger partial charge in [-0.05, 0) is 53.3 Å². The molecule has 3 atom stereocenters. The van der Waals surface area contributed by atoms with E-state index in [0.29, 0.717) is 17.9 Å². The van der Waals surface area contributed by atoms with Crippen LogP contribution in [0.2, 0.25) is 5.02 Å². The van der Waals surface area contributed by atoms with E-state index in [4.69, 9.17) is 11.6 Å². The van der Waals surface area contributed by atoms with Crippen molar-refractivity contribution in [1.29, 1.82) is 0 Å². The van der Waals surface area contributed by atoms with Crippen molar-refractivity contribution < 1.29 is 0 Å². The fraction of sp³-hybridized carbons (Fsp3) is 0.217. The maximum absolute atomic E-state index is 6.58. The number of halogens is 1. The largest absolute Gasteiger partial charge is 0.377 e. The molecule has 0 bridgehead atoms. The second kappa shape index (κ2) is 5.64. The summed E-state index contributed by atoms with van der Waals surface area (Å²) in [6.45, 7) is 2.17. The van der Waals surface area contributed by atoms with Crippen molar-refractivity contribution in [2.24, 2.45) is 5.92 Å². The summed E-state index contributed by atoms with van der Waals surface area (Å²) < 4.78 is 0. The molecular formula is C23H20ClN. The van der Waals surface area contributed by atoms with Crippen LogP contribution in [0.25, 0.3) is 10.8 Å². The van der Waals surface area contributed by atoms with Gasteiger partial charge in [0.15, 0.2) is 0 Å². The summed E-state index contributed by atoms with van der Waals surface area (Å²) in [7, 11) is 0. The van der Waals surface area contributed by atoms with E-state index in [-0.39, 0.29) is 0 Å². The number of nitrogens with one attached hydrogen (secondary N) is 1. The number of aryl methyl sites for hydroxylation is 1. The van der Waals surface area contributed by atoms with Gasteiger partial charge in [-0.15, -0.1) is 0 Å². The van der Waals surface area contributed by atoms with E-state index in [1.807, 2.05) is 6.07 Å². The van der Waals surface area contributed by atoms with Crippen molar-refractivity contribution in [1.82, 2.24) is 0 Å². The average molecular weight is 346 g/mol. The molecule has 25 heavy (non-hydrogen) atoms. The molecule has 0 amide bonds. The normalized spacial score (nSPS) is 24.0. The third kappa shape index (κ3) is 2.30. The van der Waals surface area contributed by atoms with Crippen LogP contribution < -0.4 is 5.32 Å².